The maximum Gasteiger partial charge on any atom is 0.156 e. The lowest BCUT2D eigenvalue weighted by Crippen LogP contribution is -2.35. The molecule has 1 aliphatic heterocycles. The fourth-order valence-electron chi connectivity index (χ4n) is 1.36. The van der Waals surface area contributed by atoms with Gasteiger partial charge in [-0.05, 0) is 4.53 Å². The zero-order valence-corrected chi connectivity index (χ0v) is 8.37. The number of thiol groups is 1. The van der Waals surface area contributed by atoms with E-state index in [0.29, 0.717) is 0 Å². The Balaban J connectivity index is 2.57. The summed E-state index contributed by atoms with van der Waals surface area (Å²) in [6, 6.07) is 0. The van der Waals surface area contributed by atoms with Crippen LogP contribution in [0.15, 0.2) is 0 Å². The normalized spacial score (nSPS) is 39.7. The van der Waals surface area contributed by atoms with Crippen LogP contribution in [0.25, 0.3) is 0 Å². The molecular weight excluding hydrogens is 199 g/mol. The Morgan fingerprint density at radius 1 is 1.38 bits per heavy atom. The van der Waals surface area contributed by atoms with Gasteiger partial charge in [0.1, 0.15) is 17.6 Å². The maximum absolute atomic E-state index is 12.1. The molecule has 0 amide bonds. The Morgan fingerprint density at radius 2 is 2.08 bits per heavy atom. The fraction of sp³-hybridized carbons (Fsp3) is 1.00. The summed E-state index contributed by atoms with van der Waals surface area (Å²) in [5.41, 5.74) is -0.481. The lowest BCUT2D eigenvalue weighted by molar-refractivity contribution is -0.217. The molecule has 4 nitrogen and oxygen atoms in total. The van der Waals surface area contributed by atoms with Gasteiger partial charge >= 0.3 is 0 Å². The zero-order chi connectivity index (χ0) is 9.84. The molecule has 0 spiro atoms. The molecule has 1 aliphatic rings. The van der Waals surface area contributed by atoms with Crippen molar-refractivity contribution in [3.8, 4) is 0 Å². The quantitative estimate of drug-likeness (QED) is 0.691. The molecule has 0 aromatic heterocycles. The van der Waals surface area contributed by atoms with E-state index in [2.05, 4.69) is 17.6 Å². The first-order valence-electron chi connectivity index (χ1n) is 3.87. The van der Waals surface area contributed by atoms with Gasteiger partial charge < -0.3 is 14.2 Å². The van der Waals surface area contributed by atoms with E-state index in [9.17, 15) is 4.53 Å². The second-order valence-electron chi connectivity index (χ2n) is 2.77. The minimum atomic E-state index is -0.771. The Bertz CT molecular complexity index is 159. The van der Waals surface area contributed by atoms with Crippen molar-refractivity contribution in [3.05, 3.63) is 0 Å². The van der Waals surface area contributed by atoms with Crippen LogP contribution in [0.1, 0.15) is 0 Å². The van der Waals surface area contributed by atoms with Crippen molar-refractivity contribution in [1.29, 1.82) is 0 Å². The van der Waals surface area contributed by atoms with Gasteiger partial charge in [-0.25, -0.2) is 0 Å². The van der Waals surface area contributed by atoms with Gasteiger partial charge in [0.2, 0.25) is 0 Å². The number of hydrogen-bond acceptors (Lipinski definition) is 5. The van der Waals surface area contributed by atoms with Crippen molar-refractivity contribution < 1.29 is 23.7 Å². The van der Waals surface area contributed by atoms with E-state index < -0.39 is 23.7 Å². The van der Waals surface area contributed by atoms with Gasteiger partial charge in [0.15, 0.2) is 6.10 Å². The molecule has 13 heavy (non-hydrogen) atoms. The topological polar surface area (TPSA) is 36.9 Å². The van der Waals surface area contributed by atoms with Gasteiger partial charge in [-0.2, -0.15) is 4.94 Å². The van der Waals surface area contributed by atoms with Crippen LogP contribution in [0.3, 0.4) is 0 Å². The Morgan fingerprint density at radius 3 is 2.54 bits per heavy atom. The lowest BCUT2D eigenvalue weighted by Gasteiger charge is -2.16. The third kappa shape index (κ3) is 2.32. The minimum Gasteiger partial charge on any atom is -0.382 e. The number of hydrogen-bond donors (Lipinski definition) is 1. The molecule has 4 atom stereocenters. The van der Waals surface area contributed by atoms with Crippen molar-refractivity contribution >= 4 is 12.6 Å². The molecule has 6 heteroatoms. The van der Waals surface area contributed by atoms with E-state index in [0.717, 1.165) is 0 Å². The van der Waals surface area contributed by atoms with Gasteiger partial charge in [-0.15, -0.1) is 12.6 Å². The van der Waals surface area contributed by atoms with Crippen molar-refractivity contribution in [2.24, 2.45) is 0 Å². The molecule has 4 unspecified atom stereocenters. The van der Waals surface area contributed by atoms with Gasteiger partial charge in [0.05, 0.1) is 6.61 Å². The van der Waals surface area contributed by atoms with Crippen LogP contribution in [-0.4, -0.2) is 44.6 Å². The molecule has 1 heterocycles. The summed E-state index contributed by atoms with van der Waals surface area (Å²) in [5, 5.41) is 0. The highest BCUT2D eigenvalue weighted by Crippen LogP contribution is 2.28. The SMILES string of the molecule is COCC1OC(S)C(OC)C1OF. The standard InChI is InChI=1S/C7H13FO4S/c1-9-3-4-5(12-8)6(10-2)7(13)11-4/h4-7,13H,3H2,1-2H3. The van der Waals surface area contributed by atoms with Gasteiger partial charge in [0.25, 0.3) is 0 Å². The molecule has 1 saturated heterocycles. The van der Waals surface area contributed by atoms with Crippen molar-refractivity contribution in [2.45, 2.75) is 23.7 Å². The summed E-state index contributed by atoms with van der Waals surface area (Å²) in [7, 11) is 2.96. The average Bonchev–Trinajstić information content (AvgIpc) is 2.41. The molecule has 1 fully saturated rings. The molecule has 0 aromatic rings. The molecule has 0 N–H and O–H groups in total. The largest absolute Gasteiger partial charge is 0.382 e. The van der Waals surface area contributed by atoms with Crippen LogP contribution >= 0.6 is 12.6 Å². The van der Waals surface area contributed by atoms with Gasteiger partial charge in [0, 0.05) is 14.2 Å². The maximum atomic E-state index is 12.1. The van der Waals surface area contributed by atoms with Crippen LogP contribution in [0.4, 0.5) is 4.53 Å². The first-order valence-corrected chi connectivity index (χ1v) is 4.39. The third-order valence-electron chi connectivity index (χ3n) is 1.99. The highest BCUT2D eigenvalue weighted by molar-refractivity contribution is 7.80. The van der Waals surface area contributed by atoms with E-state index >= 15 is 0 Å². The average molecular weight is 212 g/mol. The summed E-state index contributed by atoms with van der Waals surface area (Å²) in [6.07, 6.45) is -1.75. The molecule has 1 rings (SSSR count). The lowest BCUT2D eigenvalue weighted by atomic mass is 10.1. The summed E-state index contributed by atoms with van der Waals surface area (Å²) in [5.74, 6) is 0. The van der Waals surface area contributed by atoms with E-state index in [1.807, 2.05) is 0 Å². The van der Waals surface area contributed by atoms with Crippen LogP contribution in [-0.2, 0) is 19.2 Å². The summed E-state index contributed by atoms with van der Waals surface area (Å²) >= 11 is 4.08. The van der Waals surface area contributed by atoms with E-state index in [-0.39, 0.29) is 6.61 Å². The molecule has 78 valence electrons. The van der Waals surface area contributed by atoms with Crippen molar-refractivity contribution in [1.82, 2.24) is 0 Å². The van der Waals surface area contributed by atoms with Gasteiger partial charge in [-0.1, -0.05) is 0 Å². The predicted octanol–water partition coefficient (Wildman–Crippen LogP) is 0.572. The van der Waals surface area contributed by atoms with E-state index in [1.54, 1.807) is 0 Å². The molecule has 0 bridgehead atoms. The molecule has 0 saturated carbocycles. The van der Waals surface area contributed by atoms with E-state index in [4.69, 9.17) is 14.2 Å². The van der Waals surface area contributed by atoms with E-state index in [1.165, 1.54) is 14.2 Å². The second-order valence-corrected chi connectivity index (χ2v) is 3.28. The Kier molecular flexibility index (Phi) is 4.40. The first kappa shape index (κ1) is 11.2. The molecule has 0 radical (unpaired) electrons. The number of ether oxygens (including phenoxy) is 3. The predicted molar refractivity (Wildman–Crippen MR) is 46.3 cm³/mol. The zero-order valence-electron chi connectivity index (χ0n) is 7.47. The third-order valence-corrected chi connectivity index (χ3v) is 2.41. The van der Waals surface area contributed by atoms with Crippen LogP contribution < -0.4 is 0 Å². The monoisotopic (exact) mass is 212 g/mol. The van der Waals surface area contributed by atoms with Crippen LogP contribution in [0.5, 0.6) is 0 Å². The summed E-state index contributed by atoms with van der Waals surface area (Å²) in [6.45, 7) is 0.255. The highest BCUT2D eigenvalue weighted by Gasteiger charge is 2.45. The first-order chi connectivity index (χ1) is 6.24. The van der Waals surface area contributed by atoms with Crippen LogP contribution in [0, 0.1) is 0 Å². The highest BCUT2D eigenvalue weighted by atomic mass is 32.1. The molecule has 0 aromatic carbocycles. The van der Waals surface area contributed by atoms with Crippen LogP contribution in [0.2, 0.25) is 0 Å². The summed E-state index contributed by atoms with van der Waals surface area (Å²) in [4.78, 5) is 3.77. The molecular formula is C7H13FO4S. The number of methoxy groups -OCH3 is 2. The van der Waals surface area contributed by atoms with Crippen molar-refractivity contribution in [3.63, 3.8) is 0 Å². The number of rotatable bonds is 4. The second kappa shape index (κ2) is 5.11. The minimum absolute atomic E-state index is 0.255. The fourth-order valence-corrected chi connectivity index (χ4v) is 1.81. The Hall–Kier alpha value is 0.120. The Labute approximate surface area is 81.6 Å². The molecule has 0 aliphatic carbocycles. The summed E-state index contributed by atoms with van der Waals surface area (Å²) < 4.78 is 27.2. The number of halogens is 1. The van der Waals surface area contributed by atoms with Gasteiger partial charge in [-0.3, -0.25) is 0 Å². The smallest absolute Gasteiger partial charge is 0.156 e. The van der Waals surface area contributed by atoms with Crippen molar-refractivity contribution in [2.75, 3.05) is 20.8 Å².